The predicted molar refractivity (Wildman–Crippen MR) is 152 cm³/mol. The van der Waals surface area contributed by atoms with Crippen LogP contribution < -0.4 is 4.31 Å². The molecule has 0 N–H and O–H groups in total. The lowest BCUT2D eigenvalue weighted by Gasteiger charge is -2.23. The molecule has 2 aliphatic rings. The van der Waals surface area contributed by atoms with E-state index in [9.17, 15) is 13.2 Å². The highest BCUT2D eigenvalue weighted by Gasteiger charge is 2.49. The zero-order valence-corrected chi connectivity index (χ0v) is 24.4. The van der Waals surface area contributed by atoms with Crippen LogP contribution in [0.4, 0.5) is 5.82 Å². The van der Waals surface area contributed by atoms with Crippen LogP contribution >= 0.6 is 0 Å². The molecule has 2 aromatic heterocycles. The predicted octanol–water partition coefficient (Wildman–Crippen LogP) is 5.13. The number of unbranched alkanes of at least 4 members (excludes halogenated alkanes) is 1. The number of amides is 1. The summed E-state index contributed by atoms with van der Waals surface area (Å²) in [6.07, 6.45) is 10.2. The molecular weight excluding hydrogens is 530 g/mol. The van der Waals surface area contributed by atoms with Crippen LogP contribution in [0.2, 0.25) is 0 Å². The number of anilines is 1. The third kappa shape index (κ3) is 4.96. The first-order valence-corrected chi connectivity index (χ1v) is 15.3. The number of aromatic nitrogens is 2. The first-order valence-electron chi connectivity index (χ1n) is 13.8. The number of carbonyl (C=O) groups is 1. The van der Waals surface area contributed by atoms with Gasteiger partial charge in [0.25, 0.3) is 15.9 Å². The molecule has 0 radical (unpaired) electrons. The summed E-state index contributed by atoms with van der Waals surface area (Å²) in [6.45, 7) is 5.81. The first-order chi connectivity index (χ1) is 19.2. The molecule has 1 spiro atoms. The molecule has 3 heterocycles. The van der Waals surface area contributed by atoms with Crippen LogP contribution in [0, 0.1) is 13.8 Å². The molecule has 0 saturated heterocycles. The molecule has 1 aliphatic carbocycles. The smallest absolute Gasteiger partial charge is 0.269 e. The number of hydrogen-bond donors (Lipinski definition) is 0. The van der Waals surface area contributed by atoms with Gasteiger partial charge >= 0.3 is 0 Å². The van der Waals surface area contributed by atoms with Gasteiger partial charge in [-0.25, -0.2) is 12.7 Å². The van der Waals surface area contributed by atoms with Crippen molar-refractivity contribution >= 4 is 27.6 Å². The summed E-state index contributed by atoms with van der Waals surface area (Å²) >= 11 is 0. The van der Waals surface area contributed by atoms with Crippen molar-refractivity contribution in [3.05, 3.63) is 59.6 Å². The highest BCUT2D eigenvalue weighted by atomic mass is 32.2. The molecule has 1 aromatic carbocycles. The number of rotatable bonds is 11. The molecule has 214 valence electrons. The molecule has 10 nitrogen and oxygen atoms in total. The molecule has 11 heteroatoms. The maximum absolute atomic E-state index is 14.0. The van der Waals surface area contributed by atoms with Crippen LogP contribution in [0.3, 0.4) is 0 Å². The topological polar surface area (TPSA) is 110 Å². The Hall–Kier alpha value is -3.44. The fraction of sp³-hybridized carbons (Fsp3) is 0.483. The van der Waals surface area contributed by atoms with Crippen molar-refractivity contribution in [2.75, 3.05) is 18.1 Å². The van der Waals surface area contributed by atoms with Crippen molar-refractivity contribution in [2.45, 2.75) is 82.7 Å². The second-order valence-corrected chi connectivity index (χ2v) is 12.4. The normalized spacial score (nSPS) is 16.8. The molecule has 1 saturated carbocycles. The summed E-state index contributed by atoms with van der Waals surface area (Å²) in [7, 11) is -2.65. The summed E-state index contributed by atoms with van der Waals surface area (Å²) in [5, 5.41) is 3.99. The Morgan fingerprint density at radius 3 is 2.58 bits per heavy atom. The fourth-order valence-electron chi connectivity index (χ4n) is 5.57. The van der Waals surface area contributed by atoms with Gasteiger partial charge in [-0.3, -0.25) is 14.7 Å². The largest absolute Gasteiger partial charge is 0.363 e. The van der Waals surface area contributed by atoms with Gasteiger partial charge in [-0.1, -0.05) is 43.5 Å². The van der Waals surface area contributed by atoms with E-state index >= 15 is 0 Å². The minimum atomic E-state index is -4.08. The zero-order valence-electron chi connectivity index (χ0n) is 23.6. The Kier molecular flexibility index (Phi) is 7.87. The number of benzene rings is 1. The lowest BCUT2D eigenvalue weighted by atomic mass is 9.98. The van der Waals surface area contributed by atoms with Gasteiger partial charge in [-0.15, -0.1) is 0 Å². The van der Waals surface area contributed by atoms with Gasteiger partial charge in [0.15, 0.2) is 5.82 Å². The number of sulfonamides is 1. The first kappa shape index (κ1) is 28.1. The fourth-order valence-corrected chi connectivity index (χ4v) is 7.14. The molecule has 0 bridgehead atoms. The summed E-state index contributed by atoms with van der Waals surface area (Å²) in [5.41, 5.74) is 1.41. The number of ether oxygens (including phenoxy) is 1. The van der Waals surface area contributed by atoms with Crippen molar-refractivity contribution in [2.24, 2.45) is 4.99 Å². The molecule has 3 aromatic rings. The summed E-state index contributed by atoms with van der Waals surface area (Å²) in [4.78, 5) is 20.5. The van der Waals surface area contributed by atoms with Crippen molar-refractivity contribution < 1.29 is 22.5 Å². The summed E-state index contributed by atoms with van der Waals surface area (Å²) < 4.78 is 41.4. The molecule has 0 atom stereocenters. The third-order valence-electron chi connectivity index (χ3n) is 7.90. The van der Waals surface area contributed by atoms with Crippen LogP contribution in [-0.4, -0.2) is 54.2 Å². The molecule has 5 rings (SSSR count). The minimum absolute atomic E-state index is 0.0975. The monoisotopic (exact) mass is 567 g/mol. The SMILES string of the molecule is CCCCC1=NC2(CCCC2)C(=O)N1Cc1ccn(-c2ccccc2S(=O)(=O)N(COC)c2noc(C)c2C)c1. The number of amidine groups is 1. The lowest BCUT2D eigenvalue weighted by Crippen LogP contribution is -2.40. The van der Waals surface area contributed by atoms with Gasteiger partial charge in [0.05, 0.1) is 12.2 Å². The standard InChI is InChI=1S/C29H37N5O5S/c1-5-6-13-26-30-29(15-9-10-16-29)28(35)33(26)19-23-14-17-32(18-23)24-11-7-8-12-25(24)40(36,37)34(20-38-4)27-21(2)22(3)39-31-27/h7-8,11-12,14,17-18H,5-6,9-10,13,15-16,19-20H2,1-4H3. The number of aryl methyl sites for hydroxylation is 1. The molecule has 40 heavy (non-hydrogen) atoms. The second-order valence-electron chi connectivity index (χ2n) is 10.6. The van der Waals surface area contributed by atoms with Crippen molar-refractivity contribution in [3.63, 3.8) is 0 Å². The minimum Gasteiger partial charge on any atom is -0.363 e. The van der Waals surface area contributed by atoms with Crippen molar-refractivity contribution in [1.29, 1.82) is 0 Å². The number of methoxy groups -OCH3 is 1. The number of carbonyl (C=O) groups excluding carboxylic acids is 1. The number of aliphatic imine (C=N–C) groups is 1. The molecular formula is C29H37N5O5S. The van der Waals surface area contributed by atoms with Gasteiger partial charge in [0, 0.05) is 31.5 Å². The Balaban J connectivity index is 1.45. The van der Waals surface area contributed by atoms with Gasteiger partial charge in [-0.2, -0.15) is 0 Å². The Morgan fingerprint density at radius 1 is 1.15 bits per heavy atom. The number of hydrogen-bond acceptors (Lipinski definition) is 7. The summed E-state index contributed by atoms with van der Waals surface area (Å²) in [6, 6.07) is 8.73. The van der Waals surface area contributed by atoms with Gasteiger partial charge in [-0.05, 0) is 56.9 Å². The third-order valence-corrected chi connectivity index (χ3v) is 9.66. The van der Waals surface area contributed by atoms with E-state index < -0.39 is 15.6 Å². The van der Waals surface area contributed by atoms with E-state index in [1.807, 2.05) is 23.4 Å². The van der Waals surface area contributed by atoms with Crippen molar-refractivity contribution in [1.82, 2.24) is 14.6 Å². The van der Waals surface area contributed by atoms with Gasteiger partial charge in [0.1, 0.15) is 28.8 Å². The van der Waals surface area contributed by atoms with Crippen LogP contribution in [0.15, 0.2) is 57.1 Å². The van der Waals surface area contributed by atoms with Crippen molar-refractivity contribution in [3.8, 4) is 5.69 Å². The van der Waals surface area contributed by atoms with E-state index in [-0.39, 0.29) is 23.4 Å². The second kappa shape index (κ2) is 11.2. The number of para-hydroxylation sites is 1. The maximum Gasteiger partial charge on any atom is 0.269 e. The van der Waals surface area contributed by atoms with E-state index in [2.05, 4.69) is 12.1 Å². The average molecular weight is 568 g/mol. The lowest BCUT2D eigenvalue weighted by molar-refractivity contribution is -0.131. The molecule has 0 unspecified atom stereocenters. The zero-order chi connectivity index (χ0) is 28.5. The van der Waals surface area contributed by atoms with Crippen LogP contribution in [0.5, 0.6) is 0 Å². The van der Waals surface area contributed by atoms with Gasteiger partial charge in [0.2, 0.25) is 0 Å². The van der Waals surface area contributed by atoms with E-state index in [1.165, 1.54) is 7.11 Å². The van der Waals surface area contributed by atoms with Crippen LogP contribution in [0.25, 0.3) is 5.69 Å². The number of nitrogens with zero attached hydrogens (tertiary/aromatic N) is 5. The quantitative estimate of drug-likeness (QED) is 0.297. The highest BCUT2D eigenvalue weighted by molar-refractivity contribution is 7.93. The highest BCUT2D eigenvalue weighted by Crippen LogP contribution is 2.40. The Labute approximate surface area is 235 Å². The van der Waals surface area contributed by atoms with Crippen LogP contribution in [-0.2, 0) is 26.1 Å². The maximum atomic E-state index is 14.0. The van der Waals surface area contributed by atoms with E-state index in [1.54, 1.807) is 42.7 Å². The molecule has 1 fully saturated rings. The Bertz CT molecular complexity index is 1520. The van der Waals surface area contributed by atoms with Crippen LogP contribution in [0.1, 0.15) is 68.8 Å². The average Bonchev–Trinajstić information content (AvgIpc) is 3.73. The van der Waals surface area contributed by atoms with E-state index in [0.29, 0.717) is 23.6 Å². The summed E-state index contributed by atoms with van der Waals surface area (Å²) in [5.74, 6) is 1.69. The van der Waals surface area contributed by atoms with E-state index in [0.717, 1.165) is 60.7 Å². The van der Waals surface area contributed by atoms with E-state index in [4.69, 9.17) is 14.3 Å². The van der Waals surface area contributed by atoms with Gasteiger partial charge < -0.3 is 13.8 Å². The molecule has 1 aliphatic heterocycles. The Morgan fingerprint density at radius 2 is 1.90 bits per heavy atom. The molecule has 1 amide bonds.